The van der Waals surface area contributed by atoms with E-state index >= 15 is 0 Å². The Hall–Kier alpha value is -0.980. The van der Waals surface area contributed by atoms with E-state index in [0.29, 0.717) is 0 Å². The van der Waals surface area contributed by atoms with Crippen molar-refractivity contribution in [2.45, 2.75) is 45.3 Å². The Morgan fingerprint density at radius 2 is 2.18 bits per heavy atom. The monoisotopic (exact) mass is 240 g/mol. The van der Waals surface area contributed by atoms with Gasteiger partial charge in [-0.3, -0.25) is 5.84 Å². The van der Waals surface area contributed by atoms with E-state index in [1.807, 2.05) is 18.8 Å². The highest BCUT2D eigenvalue weighted by molar-refractivity contribution is 5.10. The van der Waals surface area contributed by atoms with Gasteiger partial charge in [-0.1, -0.05) is 12.1 Å². The van der Waals surface area contributed by atoms with Crippen molar-refractivity contribution in [3.63, 3.8) is 0 Å². The third-order valence-corrected chi connectivity index (χ3v) is 3.40. The molecule has 1 heterocycles. The normalized spacial score (nSPS) is 14.3. The van der Waals surface area contributed by atoms with Crippen LogP contribution in [0.3, 0.4) is 0 Å². The third-order valence-electron chi connectivity index (χ3n) is 3.40. The van der Waals surface area contributed by atoms with Crippen LogP contribution >= 0.6 is 0 Å². The second-order valence-corrected chi connectivity index (χ2v) is 5.03. The summed E-state index contributed by atoms with van der Waals surface area (Å²) in [7, 11) is 4.08. The van der Waals surface area contributed by atoms with E-state index in [9.17, 15) is 0 Å². The first-order valence-electron chi connectivity index (χ1n) is 5.97. The summed E-state index contributed by atoms with van der Waals surface area (Å²) in [6.07, 6.45) is 2.81. The van der Waals surface area contributed by atoms with Gasteiger partial charge in [0.2, 0.25) is 0 Å². The number of hydrazine groups is 1. The average molecular weight is 240 g/mol. The van der Waals surface area contributed by atoms with Gasteiger partial charge in [-0.05, 0) is 34.4 Å². The van der Waals surface area contributed by atoms with Crippen molar-refractivity contribution in [3.8, 4) is 0 Å². The van der Waals surface area contributed by atoms with Gasteiger partial charge in [-0.2, -0.15) is 0 Å². The summed E-state index contributed by atoms with van der Waals surface area (Å²) >= 11 is 0. The topological polar surface area (TPSA) is 72.0 Å². The maximum atomic E-state index is 5.71. The van der Waals surface area contributed by atoms with Gasteiger partial charge in [-0.25, -0.2) is 10.1 Å². The number of hydrogen-bond acceptors (Lipinski definition) is 5. The Morgan fingerprint density at radius 1 is 1.53 bits per heavy atom. The van der Waals surface area contributed by atoms with Crippen molar-refractivity contribution in [3.05, 3.63) is 11.9 Å². The van der Waals surface area contributed by atoms with E-state index in [4.69, 9.17) is 5.84 Å². The molecule has 1 aromatic rings. The zero-order valence-corrected chi connectivity index (χ0v) is 11.4. The highest BCUT2D eigenvalue weighted by Crippen LogP contribution is 2.28. The maximum absolute atomic E-state index is 5.71. The van der Waals surface area contributed by atoms with Gasteiger partial charge in [0.1, 0.15) is 0 Å². The van der Waals surface area contributed by atoms with E-state index in [2.05, 4.69) is 41.4 Å². The summed E-state index contributed by atoms with van der Waals surface area (Å²) < 4.78 is 1.91. The minimum atomic E-state index is -0.123. The first-order valence-corrected chi connectivity index (χ1v) is 5.97. The van der Waals surface area contributed by atoms with E-state index in [1.54, 1.807) is 6.20 Å². The molecule has 0 aliphatic heterocycles. The van der Waals surface area contributed by atoms with Crippen molar-refractivity contribution in [2.75, 3.05) is 14.1 Å². The van der Waals surface area contributed by atoms with Crippen LogP contribution < -0.4 is 11.3 Å². The second-order valence-electron chi connectivity index (χ2n) is 5.03. The van der Waals surface area contributed by atoms with Gasteiger partial charge in [0.15, 0.2) is 0 Å². The molecule has 1 unspecified atom stereocenters. The van der Waals surface area contributed by atoms with Crippen molar-refractivity contribution in [2.24, 2.45) is 5.84 Å². The molecule has 0 saturated heterocycles. The molecule has 0 radical (unpaired) electrons. The quantitative estimate of drug-likeness (QED) is 0.560. The molecule has 17 heavy (non-hydrogen) atoms. The van der Waals surface area contributed by atoms with Crippen LogP contribution in [0.4, 0.5) is 0 Å². The summed E-state index contributed by atoms with van der Waals surface area (Å²) in [6, 6.07) is -0.0148. The Morgan fingerprint density at radius 3 is 2.65 bits per heavy atom. The van der Waals surface area contributed by atoms with Crippen molar-refractivity contribution in [1.29, 1.82) is 0 Å². The summed E-state index contributed by atoms with van der Waals surface area (Å²) in [5, 5.41) is 8.08. The van der Waals surface area contributed by atoms with E-state index < -0.39 is 0 Å². The molecule has 1 aromatic heterocycles. The number of nitrogens with two attached hydrogens (primary N) is 1. The van der Waals surface area contributed by atoms with Crippen LogP contribution in [-0.4, -0.2) is 39.5 Å². The van der Waals surface area contributed by atoms with Crippen LogP contribution in [0, 0.1) is 0 Å². The Bertz CT molecular complexity index is 343. The Balaban J connectivity index is 3.05. The molecule has 0 bridgehead atoms. The van der Waals surface area contributed by atoms with Crippen LogP contribution in [0.15, 0.2) is 6.20 Å². The van der Waals surface area contributed by atoms with Crippen LogP contribution in [-0.2, 0) is 6.54 Å². The molecule has 0 fully saturated rings. The lowest BCUT2D eigenvalue weighted by atomic mass is 9.91. The number of hydrogen-bond donors (Lipinski definition) is 2. The molecular weight excluding hydrogens is 216 g/mol. The number of likely N-dealkylation sites (N-methyl/N-ethyl adjacent to an activating group) is 1. The van der Waals surface area contributed by atoms with E-state index in [0.717, 1.165) is 18.7 Å². The molecule has 6 nitrogen and oxygen atoms in total. The Kier molecular flexibility index (Phi) is 4.62. The van der Waals surface area contributed by atoms with Gasteiger partial charge in [0.05, 0.1) is 17.9 Å². The van der Waals surface area contributed by atoms with Gasteiger partial charge in [0, 0.05) is 12.1 Å². The number of aromatic nitrogens is 3. The highest BCUT2D eigenvalue weighted by Gasteiger charge is 2.34. The van der Waals surface area contributed by atoms with Crippen LogP contribution in [0.25, 0.3) is 0 Å². The lowest BCUT2D eigenvalue weighted by Crippen LogP contribution is -2.51. The summed E-state index contributed by atoms with van der Waals surface area (Å²) in [4.78, 5) is 2.14. The molecule has 0 aromatic carbocycles. The van der Waals surface area contributed by atoms with Crippen molar-refractivity contribution < 1.29 is 0 Å². The van der Waals surface area contributed by atoms with E-state index in [1.165, 1.54) is 0 Å². The van der Waals surface area contributed by atoms with Crippen LogP contribution in [0.5, 0.6) is 0 Å². The molecule has 0 saturated carbocycles. The number of aryl methyl sites for hydroxylation is 1. The van der Waals surface area contributed by atoms with Crippen LogP contribution in [0.1, 0.15) is 38.9 Å². The number of nitrogens with one attached hydrogen (secondary N) is 1. The minimum absolute atomic E-state index is 0.0148. The molecule has 98 valence electrons. The highest BCUT2D eigenvalue weighted by atomic mass is 15.4. The molecule has 0 spiro atoms. The summed E-state index contributed by atoms with van der Waals surface area (Å²) in [5.41, 5.74) is 3.78. The largest absolute Gasteiger partial charge is 0.302 e. The zero-order valence-electron chi connectivity index (χ0n) is 11.4. The predicted molar refractivity (Wildman–Crippen MR) is 68.1 cm³/mol. The standard InChI is InChI=1S/C11H24N6/c1-6-7-17-9(8-13-15-17)10(14-12)11(2,3)16(4)5/h8,10,14H,6-7,12H2,1-5H3. The smallest absolute Gasteiger partial charge is 0.0823 e. The van der Waals surface area contributed by atoms with Gasteiger partial charge in [-0.15, -0.1) is 5.10 Å². The maximum Gasteiger partial charge on any atom is 0.0823 e. The zero-order chi connectivity index (χ0) is 13.1. The molecule has 0 aliphatic carbocycles. The Labute approximate surface area is 103 Å². The lowest BCUT2D eigenvalue weighted by Gasteiger charge is -2.39. The fourth-order valence-electron chi connectivity index (χ4n) is 1.78. The lowest BCUT2D eigenvalue weighted by molar-refractivity contribution is 0.133. The van der Waals surface area contributed by atoms with E-state index in [-0.39, 0.29) is 11.6 Å². The molecule has 1 atom stereocenters. The van der Waals surface area contributed by atoms with Crippen LogP contribution in [0.2, 0.25) is 0 Å². The second kappa shape index (κ2) is 5.57. The van der Waals surface area contributed by atoms with Crippen molar-refractivity contribution in [1.82, 2.24) is 25.3 Å². The molecular formula is C11H24N6. The first-order chi connectivity index (χ1) is 7.95. The SMILES string of the molecule is CCCn1nncc1C(NN)C(C)(C)N(C)C. The molecule has 0 aliphatic rings. The number of rotatable bonds is 6. The predicted octanol–water partition coefficient (Wildman–Crippen LogP) is 0.533. The van der Waals surface area contributed by atoms with Crippen molar-refractivity contribution >= 4 is 0 Å². The number of nitrogens with zero attached hydrogens (tertiary/aromatic N) is 4. The minimum Gasteiger partial charge on any atom is -0.302 e. The third kappa shape index (κ3) is 2.83. The average Bonchev–Trinajstić information content (AvgIpc) is 2.67. The van der Waals surface area contributed by atoms with Gasteiger partial charge < -0.3 is 4.90 Å². The fraction of sp³-hybridized carbons (Fsp3) is 0.818. The molecule has 1 rings (SSSR count). The van der Waals surface area contributed by atoms with Gasteiger partial charge >= 0.3 is 0 Å². The summed E-state index contributed by atoms with van der Waals surface area (Å²) in [5.74, 6) is 5.71. The fourth-order valence-corrected chi connectivity index (χ4v) is 1.78. The summed E-state index contributed by atoms with van der Waals surface area (Å²) in [6.45, 7) is 7.26. The van der Waals surface area contributed by atoms with Gasteiger partial charge in [0.25, 0.3) is 0 Å². The molecule has 0 amide bonds. The first kappa shape index (κ1) is 14.1. The molecule has 3 N–H and O–H groups in total. The molecule has 6 heteroatoms.